The van der Waals surface area contributed by atoms with Gasteiger partial charge >= 0.3 is 6.09 Å². The summed E-state index contributed by atoms with van der Waals surface area (Å²) in [6.45, 7) is 3.65. The van der Waals surface area contributed by atoms with Crippen LogP contribution in [0.25, 0.3) is 0 Å². The maximum atomic E-state index is 11.3. The molecule has 20 heavy (non-hydrogen) atoms. The summed E-state index contributed by atoms with van der Waals surface area (Å²) >= 11 is 0. The van der Waals surface area contributed by atoms with Gasteiger partial charge in [0.05, 0.1) is 11.4 Å². The fourth-order valence-electron chi connectivity index (χ4n) is 1.67. The van der Waals surface area contributed by atoms with Gasteiger partial charge in [-0.25, -0.2) is 4.79 Å². The molecule has 1 aromatic heterocycles. The Balaban J connectivity index is 2.34. The van der Waals surface area contributed by atoms with Gasteiger partial charge in [-0.15, -0.1) is 0 Å². The van der Waals surface area contributed by atoms with Crippen molar-refractivity contribution >= 4 is 17.5 Å². The minimum atomic E-state index is -1.13. The first-order valence-electron chi connectivity index (χ1n) is 6.14. The van der Waals surface area contributed by atoms with Crippen molar-refractivity contribution in [2.24, 2.45) is 5.10 Å². The van der Waals surface area contributed by atoms with Gasteiger partial charge in [-0.3, -0.25) is 4.98 Å². The Morgan fingerprint density at radius 1 is 1.20 bits per heavy atom. The molecule has 2 aromatic rings. The largest absolute Gasteiger partial charge is 0.463 e. The summed E-state index contributed by atoms with van der Waals surface area (Å²) in [7, 11) is 0. The van der Waals surface area contributed by atoms with Crippen LogP contribution in [0.15, 0.2) is 53.8 Å². The Morgan fingerprint density at radius 3 is 2.45 bits per heavy atom. The molecule has 2 rings (SSSR count). The number of nitrogens with zero attached hydrogens (tertiary/aromatic N) is 3. The Bertz CT molecular complexity index is 621. The Labute approximate surface area is 117 Å². The number of para-hydroxylation sites is 1. The number of hydrazone groups is 1. The predicted molar refractivity (Wildman–Crippen MR) is 78.1 cm³/mol. The van der Waals surface area contributed by atoms with Gasteiger partial charge in [-0.2, -0.15) is 10.1 Å². The van der Waals surface area contributed by atoms with Gasteiger partial charge in [-0.05, 0) is 38.1 Å². The second kappa shape index (κ2) is 5.97. The van der Waals surface area contributed by atoms with Crippen molar-refractivity contribution < 1.29 is 9.90 Å². The zero-order chi connectivity index (χ0) is 14.5. The number of hydrogen-bond donors (Lipinski definition) is 1. The molecular formula is C15H15N3O2. The molecule has 0 aliphatic carbocycles. The molecule has 0 spiro atoms. The number of carbonyl (C=O) groups is 1. The van der Waals surface area contributed by atoms with E-state index in [1.807, 2.05) is 25.1 Å². The molecule has 0 aliphatic heterocycles. The second-order valence-corrected chi connectivity index (χ2v) is 4.30. The van der Waals surface area contributed by atoms with Crippen molar-refractivity contribution in [2.45, 2.75) is 13.8 Å². The van der Waals surface area contributed by atoms with Crippen LogP contribution in [0.3, 0.4) is 0 Å². The minimum Gasteiger partial charge on any atom is -0.463 e. The normalized spacial score (nSPS) is 11.2. The predicted octanol–water partition coefficient (Wildman–Crippen LogP) is 3.30. The second-order valence-electron chi connectivity index (χ2n) is 4.30. The van der Waals surface area contributed by atoms with E-state index in [2.05, 4.69) is 10.1 Å². The number of anilines is 1. The summed E-state index contributed by atoms with van der Waals surface area (Å²) in [5.74, 6) is 0. The van der Waals surface area contributed by atoms with E-state index in [1.54, 1.807) is 37.4 Å². The highest BCUT2D eigenvalue weighted by Gasteiger charge is 2.13. The molecule has 5 heteroatoms. The number of carboxylic acid groups (broad SMARTS) is 1. The Morgan fingerprint density at radius 2 is 1.90 bits per heavy atom. The number of aryl methyl sites for hydroxylation is 1. The molecule has 0 saturated carbocycles. The van der Waals surface area contributed by atoms with E-state index in [9.17, 15) is 9.90 Å². The molecular weight excluding hydrogens is 254 g/mol. The summed E-state index contributed by atoms with van der Waals surface area (Å²) in [6.07, 6.45) is 0.551. The first kappa shape index (κ1) is 13.7. The van der Waals surface area contributed by atoms with E-state index < -0.39 is 6.09 Å². The van der Waals surface area contributed by atoms with E-state index in [1.165, 1.54) is 0 Å². The van der Waals surface area contributed by atoms with E-state index in [4.69, 9.17) is 0 Å². The maximum absolute atomic E-state index is 11.3. The number of aromatic nitrogens is 1. The highest BCUT2D eigenvalue weighted by atomic mass is 16.4. The Kier molecular flexibility index (Phi) is 4.10. The van der Waals surface area contributed by atoms with Gasteiger partial charge in [0.25, 0.3) is 0 Å². The third kappa shape index (κ3) is 3.20. The van der Waals surface area contributed by atoms with Crippen LogP contribution < -0.4 is 5.01 Å². The quantitative estimate of drug-likeness (QED) is 0.686. The van der Waals surface area contributed by atoms with Crippen LogP contribution in [0.5, 0.6) is 0 Å². The van der Waals surface area contributed by atoms with Crippen molar-refractivity contribution in [3.63, 3.8) is 0 Å². The van der Waals surface area contributed by atoms with Crippen LogP contribution in [-0.2, 0) is 0 Å². The highest BCUT2D eigenvalue weighted by Crippen LogP contribution is 2.15. The molecule has 102 valence electrons. The molecule has 1 aromatic carbocycles. The van der Waals surface area contributed by atoms with Gasteiger partial charge in [0.1, 0.15) is 0 Å². The summed E-state index contributed by atoms with van der Waals surface area (Å²) in [6, 6.07) is 12.5. The molecule has 0 fully saturated rings. The number of pyridine rings is 1. The third-order valence-corrected chi connectivity index (χ3v) is 2.76. The van der Waals surface area contributed by atoms with Gasteiger partial charge in [0.15, 0.2) is 0 Å². The summed E-state index contributed by atoms with van der Waals surface area (Å²) < 4.78 is 0. The molecule has 0 radical (unpaired) electrons. The molecule has 0 bridgehead atoms. The van der Waals surface area contributed by atoms with Crippen molar-refractivity contribution in [1.82, 2.24) is 4.98 Å². The molecule has 5 nitrogen and oxygen atoms in total. The third-order valence-electron chi connectivity index (χ3n) is 2.76. The van der Waals surface area contributed by atoms with Gasteiger partial charge in [0.2, 0.25) is 0 Å². The first-order chi connectivity index (χ1) is 9.58. The van der Waals surface area contributed by atoms with Gasteiger partial charge in [0, 0.05) is 17.5 Å². The highest BCUT2D eigenvalue weighted by molar-refractivity contribution is 6.01. The van der Waals surface area contributed by atoms with Crippen LogP contribution in [0.4, 0.5) is 10.5 Å². The van der Waals surface area contributed by atoms with E-state index in [0.717, 1.165) is 16.3 Å². The first-order valence-corrected chi connectivity index (χ1v) is 6.14. The van der Waals surface area contributed by atoms with Crippen molar-refractivity contribution in [2.75, 3.05) is 5.01 Å². The number of hydrogen-bond acceptors (Lipinski definition) is 3. The average Bonchev–Trinajstić information content (AvgIpc) is 2.46. The number of benzene rings is 1. The lowest BCUT2D eigenvalue weighted by atomic mass is 10.2. The minimum absolute atomic E-state index is 0.499. The van der Waals surface area contributed by atoms with Crippen molar-refractivity contribution in [3.05, 3.63) is 59.9 Å². The lowest BCUT2D eigenvalue weighted by Crippen LogP contribution is -2.24. The van der Waals surface area contributed by atoms with Crippen LogP contribution in [0.2, 0.25) is 0 Å². The molecule has 0 atom stereocenters. The number of amides is 1. The average molecular weight is 269 g/mol. The molecule has 0 aliphatic rings. The van der Waals surface area contributed by atoms with Gasteiger partial charge < -0.3 is 5.11 Å². The smallest absolute Gasteiger partial charge is 0.432 e. The Hall–Kier alpha value is -2.69. The summed E-state index contributed by atoms with van der Waals surface area (Å²) in [5, 5.41) is 14.4. The maximum Gasteiger partial charge on any atom is 0.432 e. The van der Waals surface area contributed by atoms with Crippen LogP contribution in [0.1, 0.15) is 18.2 Å². The van der Waals surface area contributed by atoms with Crippen LogP contribution >= 0.6 is 0 Å². The monoisotopic (exact) mass is 269 g/mol. The molecule has 0 unspecified atom stereocenters. The van der Waals surface area contributed by atoms with E-state index in [0.29, 0.717) is 11.4 Å². The van der Waals surface area contributed by atoms with E-state index >= 15 is 0 Å². The van der Waals surface area contributed by atoms with E-state index in [-0.39, 0.29) is 0 Å². The molecule has 1 N–H and O–H groups in total. The molecule has 1 heterocycles. The lowest BCUT2D eigenvalue weighted by molar-refractivity contribution is 0.202. The zero-order valence-electron chi connectivity index (χ0n) is 11.3. The topological polar surface area (TPSA) is 65.8 Å². The fourth-order valence-corrected chi connectivity index (χ4v) is 1.67. The van der Waals surface area contributed by atoms with Gasteiger partial charge in [-0.1, -0.05) is 18.2 Å². The van der Waals surface area contributed by atoms with Crippen LogP contribution in [0, 0.1) is 6.92 Å². The van der Waals surface area contributed by atoms with Crippen molar-refractivity contribution in [3.8, 4) is 0 Å². The summed E-state index contributed by atoms with van der Waals surface area (Å²) in [4.78, 5) is 15.5. The molecule has 1 amide bonds. The lowest BCUT2D eigenvalue weighted by Gasteiger charge is -2.14. The fraction of sp³-hybridized carbons (Fsp3) is 0.133. The molecule has 0 saturated heterocycles. The SMILES string of the molecule is CC(=NN(C(=O)O)c1ccccc1)c1ccc(C)nc1. The van der Waals surface area contributed by atoms with Crippen LogP contribution in [-0.4, -0.2) is 21.9 Å². The standard InChI is InChI=1S/C15H15N3O2/c1-11-8-9-13(10-16-11)12(2)17-18(15(19)20)14-6-4-3-5-7-14/h3-10H,1-2H3,(H,19,20). The van der Waals surface area contributed by atoms with Crippen molar-refractivity contribution in [1.29, 1.82) is 0 Å². The summed E-state index contributed by atoms with van der Waals surface area (Å²) in [5.41, 5.74) is 2.78. The number of rotatable bonds is 3. The zero-order valence-corrected chi connectivity index (χ0v) is 11.3.